The van der Waals surface area contributed by atoms with Gasteiger partial charge >= 0.3 is 0 Å². The van der Waals surface area contributed by atoms with Gasteiger partial charge in [0.25, 0.3) is 0 Å². The van der Waals surface area contributed by atoms with Gasteiger partial charge in [-0.15, -0.1) is 12.4 Å². The van der Waals surface area contributed by atoms with Gasteiger partial charge < -0.3 is 16.4 Å². The number of carbonyl (C=O) groups excluding carboxylic acids is 2. The molecule has 1 aliphatic rings. The number of carbonyl (C=O) groups is 2. The van der Waals surface area contributed by atoms with Gasteiger partial charge in [-0.3, -0.25) is 9.59 Å². The summed E-state index contributed by atoms with van der Waals surface area (Å²) in [5.41, 5.74) is 7.34. The molecule has 6 heteroatoms. The van der Waals surface area contributed by atoms with Gasteiger partial charge in [0.05, 0.1) is 0 Å². The summed E-state index contributed by atoms with van der Waals surface area (Å²) < 4.78 is 0. The Kier molecular flexibility index (Phi) is 8.06. The molecule has 1 aromatic rings. The third-order valence-corrected chi connectivity index (χ3v) is 3.92. The smallest absolute Gasteiger partial charge is 0.227 e. The van der Waals surface area contributed by atoms with Gasteiger partial charge in [0.15, 0.2) is 0 Å². The molecule has 0 bridgehead atoms. The minimum atomic E-state index is -0.142. The van der Waals surface area contributed by atoms with Crippen LogP contribution in [0, 0.1) is 5.92 Å². The molecule has 0 saturated heterocycles. The Morgan fingerprint density at radius 2 is 2.00 bits per heavy atom. The number of halogens is 1. The highest BCUT2D eigenvalue weighted by Gasteiger charge is 2.22. The van der Waals surface area contributed by atoms with Crippen LogP contribution in [0.5, 0.6) is 0 Å². The van der Waals surface area contributed by atoms with E-state index < -0.39 is 0 Å². The van der Waals surface area contributed by atoms with Gasteiger partial charge in [-0.25, -0.2) is 0 Å². The molecule has 2 rings (SSSR count). The first-order chi connectivity index (χ1) is 10.5. The molecule has 1 atom stereocenters. The van der Waals surface area contributed by atoms with Crippen molar-refractivity contribution in [1.29, 1.82) is 0 Å². The van der Waals surface area contributed by atoms with Crippen molar-refractivity contribution >= 4 is 29.9 Å². The molecule has 23 heavy (non-hydrogen) atoms. The lowest BCUT2D eigenvalue weighted by Crippen LogP contribution is -2.29. The number of rotatable bonds is 6. The summed E-state index contributed by atoms with van der Waals surface area (Å²) in [5, 5.41) is 5.81. The molecule has 0 aliphatic heterocycles. The molecule has 1 saturated carbocycles. The Labute approximate surface area is 143 Å². The first-order valence-electron chi connectivity index (χ1n) is 7.96. The Bertz CT molecular complexity index is 528. The fourth-order valence-electron chi connectivity index (χ4n) is 2.76. The van der Waals surface area contributed by atoms with Crippen molar-refractivity contribution in [3.05, 3.63) is 29.8 Å². The molecule has 2 amide bonds. The number of nitrogens with one attached hydrogen (secondary N) is 2. The average molecular weight is 340 g/mol. The predicted octanol–water partition coefficient (Wildman–Crippen LogP) is 2.59. The summed E-state index contributed by atoms with van der Waals surface area (Å²) in [5.74, 6) is 0.195. The van der Waals surface area contributed by atoms with Crippen LogP contribution >= 0.6 is 12.4 Å². The van der Waals surface area contributed by atoms with E-state index in [0.717, 1.165) is 36.9 Å². The lowest BCUT2D eigenvalue weighted by Gasteiger charge is -2.12. The monoisotopic (exact) mass is 339 g/mol. The van der Waals surface area contributed by atoms with E-state index in [-0.39, 0.29) is 36.2 Å². The van der Waals surface area contributed by atoms with Crippen LogP contribution < -0.4 is 16.4 Å². The second-order valence-corrected chi connectivity index (χ2v) is 6.13. The van der Waals surface area contributed by atoms with Crippen molar-refractivity contribution in [3.63, 3.8) is 0 Å². The van der Waals surface area contributed by atoms with E-state index in [1.807, 2.05) is 24.3 Å². The maximum atomic E-state index is 12.1. The van der Waals surface area contributed by atoms with Crippen LogP contribution in [-0.2, 0) is 16.1 Å². The molecule has 1 unspecified atom stereocenters. The SMILES string of the molecule is CC(N)CC(=O)NCc1cccc(NC(=O)C2CCCC2)c1.Cl. The molecule has 0 aromatic heterocycles. The van der Waals surface area contributed by atoms with Gasteiger partial charge in [0.1, 0.15) is 0 Å². The summed E-state index contributed by atoms with van der Waals surface area (Å²) in [4.78, 5) is 23.7. The minimum Gasteiger partial charge on any atom is -0.352 e. The van der Waals surface area contributed by atoms with E-state index in [0.29, 0.717) is 13.0 Å². The van der Waals surface area contributed by atoms with Crippen LogP contribution in [0.1, 0.15) is 44.6 Å². The maximum absolute atomic E-state index is 12.1. The quantitative estimate of drug-likeness (QED) is 0.744. The molecule has 1 aromatic carbocycles. The Hall–Kier alpha value is -1.59. The van der Waals surface area contributed by atoms with Gasteiger partial charge in [-0.1, -0.05) is 25.0 Å². The van der Waals surface area contributed by atoms with Gasteiger partial charge in [0.2, 0.25) is 11.8 Å². The zero-order chi connectivity index (χ0) is 15.9. The molecular formula is C17H26ClN3O2. The number of benzene rings is 1. The van der Waals surface area contributed by atoms with E-state index in [9.17, 15) is 9.59 Å². The fourth-order valence-corrected chi connectivity index (χ4v) is 2.76. The highest BCUT2D eigenvalue weighted by molar-refractivity contribution is 5.92. The van der Waals surface area contributed by atoms with E-state index in [1.54, 1.807) is 6.92 Å². The number of amides is 2. The van der Waals surface area contributed by atoms with Crippen LogP contribution in [0.25, 0.3) is 0 Å². The third kappa shape index (κ3) is 6.59. The topological polar surface area (TPSA) is 84.2 Å². The molecule has 0 heterocycles. The molecule has 0 radical (unpaired) electrons. The summed E-state index contributed by atoms with van der Waals surface area (Å²) in [6.45, 7) is 2.25. The van der Waals surface area contributed by atoms with Gasteiger partial charge in [0, 0.05) is 30.6 Å². The van der Waals surface area contributed by atoms with Crippen molar-refractivity contribution in [2.24, 2.45) is 11.7 Å². The summed E-state index contributed by atoms with van der Waals surface area (Å²) in [6, 6.07) is 7.45. The third-order valence-electron chi connectivity index (χ3n) is 3.92. The number of hydrogen-bond acceptors (Lipinski definition) is 3. The van der Waals surface area contributed by atoms with Crippen molar-refractivity contribution in [2.45, 2.75) is 51.6 Å². The summed E-state index contributed by atoms with van der Waals surface area (Å²) in [6.07, 6.45) is 4.57. The van der Waals surface area contributed by atoms with Crippen LogP contribution in [0.15, 0.2) is 24.3 Å². The van der Waals surface area contributed by atoms with Gasteiger partial charge in [-0.2, -0.15) is 0 Å². The molecule has 4 N–H and O–H groups in total. The summed E-state index contributed by atoms with van der Waals surface area (Å²) in [7, 11) is 0. The van der Waals surface area contributed by atoms with Crippen LogP contribution in [0.4, 0.5) is 5.69 Å². The zero-order valence-corrected chi connectivity index (χ0v) is 14.3. The number of hydrogen-bond donors (Lipinski definition) is 3. The lowest BCUT2D eigenvalue weighted by molar-refractivity contribution is -0.121. The van der Waals surface area contributed by atoms with E-state index >= 15 is 0 Å². The Balaban J connectivity index is 0.00000264. The molecule has 128 valence electrons. The van der Waals surface area contributed by atoms with Crippen molar-refractivity contribution in [1.82, 2.24) is 5.32 Å². The minimum absolute atomic E-state index is 0. The molecular weight excluding hydrogens is 314 g/mol. The Morgan fingerprint density at radius 1 is 1.30 bits per heavy atom. The standard InChI is InChI=1S/C17H25N3O2.ClH/c1-12(18)9-16(21)19-11-13-5-4-8-15(10-13)20-17(22)14-6-2-3-7-14;/h4-5,8,10,12,14H,2-3,6-7,9,11,18H2,1H3,(H,19,21)(H,20,22);1H. The number of anilines is 1. The second kappa shape index (κ2) is 9.53. The molecule has 1 fully saturated rings. The predicted molar refractivity (Wildman–Crippen MR) is 94.4 cm³/mol. The van der Waals surface area contributed by atoms with Gasteiger partial charge in [-0.05, 0) is 37.5 Å². The first-order valence-corrected chi connectivity index (χ1v) is 7.96. The fraction of sp³-hybridized carbons (Fsp3) is 0.529. The van der Waals surface area contributed by atoms with E-state index in [2.05, 4.69) is 10.6 Å². The van der Waals surface area contributed by atoms with Crippen LogP contribution in [-0.4, -0.2) is 17.9 Å². The number of nitrogens with two attached hydrogens (primary N) is 1. The van der Waals surface area contributed by atoms with Crippen molar-refractivity contribution in [3.8, 4) is 0 Å². The highest BCUT2D eigenvalue weighted by atomic mass is 35.5. The second-order valence-electron chi connectivity index (χ2n) is 6.13. The van der Waals surface area contributed by atoms with Crippen LogP contribution in [0.3, 0.4) is 0 Å². The first kappa shape index (κ1) is 19.5. The normalized spacial score (nSPS) is 15.6. The largest absolute Gasteiger partial charge is 0.352 e. The maximum Gasteiger partial charge on any atom is 0.227 e. The van der Waals surface area contributed by atoms with Crippen molar-refractivity contribution < 1.29 is 9.59 Å². The lowest BCUT2D eigenvalue weighted by atomic mass is 10.1. The zero-order valence-electron chi connectivity index (χ0n) is 13.5. The van der Waals surface area contributed by atoms with E-state index in [1.165, 1.54) is 0 Å². The van der Waals surface area contributed by atoms with Crippen molar-refractivity contribution in [2.75, 3.05) is 5.32 Å². The molecule has 0 spiro atoms. The average Bonchev–Trinajstić information content (AvgIpc) is 2.99. The summed E-state index contributed by atoms with van der Waals surface area (Å²) >= 11 is 0. The molecule has 1 aliphatic carbocycles. The molecule has 5 nitrogen and oxygen atoms in total. The van der Waals surface area contributed by atoms with Crippen LogP contribution in [0.2, 0.25) is 0 Å². The Morgan fingerprint density at radius 3 is 2.65 bits per heavy atom. The van der Waals surface area contributed by atoms with E-state index in [4.69, 9.17) is 5.73 Å². The highest BCUT2D eigenvalue weighted by Crippen LogP contribution is 2.26.